The molecule has 2 aromatic rings. The van der Waals surface area contributed by atoms with Gasteiger partial charge in [-0.3, -0.25) is 0 Å². The van der Waals surface area contributed by atoms with Gasteiger partial charge in [-0.1, -0.05) is 0 Å². The molecule has 22 heavy (non-hydrogen) atoms. The third-order valence-electron chi connectivity index (χ3n) is 4.32. The van der Waals surface area contributed by atoms with E-state index in [1.807, 2.05) is 6.20 Å². The predicted octanol–water partition coefficient (Wildman–Crippen LogP) is 2.57. The fraction of sp³-hybridized carbons (Fsp3) is 0.412. The van der Waals surface area contributed by atoms with Crippen LogP contribution >= 0.6 is 0 Å². The van der Waals surface area contributed by atoms with E-state index in [0.717, 1.165) is 37.4 Å². The molecule has 4 rings (SSSR count). The van der Waals surface area contributed by atoms with Crippen molar-refractivity contribution in [1.82, 2.24) is 15.3 Å². The zero-order valence-electron chi connectivity index (χ0n) is 12.4. The Labute approximate surface area is 129 Å². The molecule has 0 amide bonds. The summed E-state index contributed by atoms with van der Waals surface area (Å²) in [4.78, 5) is 11.7. The molecule has 2 fully saturated rings. The lowest BCUT2D eigenvalue weighted by Crippen LogP contribution is -2.44. The van der Waals surface area contributed by atoms with Crippen LogP contribution in [0.25, 0.3) is 11.4 Å². The molecule has 1 aliphatic carbocycles. The van der Waals surface area contributed by atoms with Gasteiger partial charge < -0.3 is 10.2 Å². The highest BCUT2D eigenvalue weighted by Gasteiger charge is 2.30. The number of anilines is 1. The first-order chi connectivity index (χ1) is 10.8. The van der Waals surface area contributed by atoms with Crippen LogP contribution in [0.5, 0.6) is 0 Å². The summed E-state index contributed by atoms with van der Waals surface area (Å²) in [6.45, 7) is 4.01. The molecule has 0 radical (unpaired) electrons. The minimum absolute atomic E-state index is 0.233. The van der Waals surface area contributed by atoms with E-state index < -0.39 is 0 Å². The summed E-state index contributed by atoms with van der Waals surface area (Å²) in [5.41, 5.74) is 3.21. The fourth-order valence-corrected chi connectivity index (χ4v) is 2.93. The molecule has 0 bridgehead atoms. The van der Waals surface area contributed by atoms with E-state index in [-0.39, 0.29) is 5.82 Å². The van der Waals surface area contributed by atoms with E-state index in [0.29, 0.717) is 11.7 Å². The van der Waals surface area contributed by atoms with E-state index in [9.17, 15) is 4.39 Å². The summed E-state index contributed by atoms with van der Waals surface area (Å²) in [5, 5.41) is 3.37. The van der Waals surface area contributed by atoms with Crippen LogP contribution in [-0.4, -0.2) is 36.1 Å². The quantitative estimate of drug-likeness (QED) is 0.945. The zero-order valence-corrected chi connectivity index (χ0v) is 12.4. The Bertz CT molecular complexity index is 661. The second-order valence-corrected chi connectivity index (χ2v) is 5.98. The summed E-state index contributed by atoms with van der Waals surface area (Å²) in [5.74, 6) is 1.02. The molecule has 0 unspecified atom stereocenters. The van der Waals surface area contributed by atoms with Crippen LogP contribution in [0.4, 0.5) is 10.1 Å². The Morgan fingerprint density at radius 3 is 2.50 bits per heavy atom. The smallest absolute Gasteiger partial charge is 0.159 e. The Kier molecular flexibility index (Phi) is 3.50. The highest BCUT2D eigenvalue weighted by molar-refractivity contribution is 5.60. The predicted molar refractivity (Wildman–Crippen MR) is 84.5 cm³/mol. The average molecular weight is 298 g/mol. The van der Waals surface area contributed by atoms with E-state index >= 15 is 0 Å². The molecule has 1 N–H and O–H groups in total. The van der Waals surface area contributed by atoms with Gasteiger partial charge in [0, 0.05) is 37.7 Å². The van der Waals surface area contributed by atoms with Gasteiger partial charge in [0.2, 0.25) is 0 Å². The molecule has 5 heteroatoms. The summed E-state index contributed by atoms with van der Waals surface area (Å²) in [7, 11) is 0. The van der Waals surface area contributed by atoms with Crippen molar-refractivity contribution < 1.29 is 4.39 Å². The van der Waals surface area contributed by atoms with Crippen LogP contribution in [0.2, 0.25) is 0 Å². The Morgan fingerprint density at radius 1 is 1.09 bits per heavy atom. The Balaban J connectivity index is 1.70. The second kappa shape index (κ2) is 5.65. The van der Waals surface area contributed by atoms with Crippen molar-refractivity contribution in [2.45, 2.75) is 18.8 Å². The molecule has 114 valence electrons. The normalized spacial score (nSPS) is 18.5. The maximum Gasteiger partial charge on any atom is 0.159 e. The first-order valence-electron chi connectivity index (χ1n) is 7.90. The number of rotatable bonds is 3. The van der Waals surface area contributed by atoms with Gasteiger partial charge in [0.15, 0.2) is 5.82 Å². The Hall–Kier alpha value is -2.01. The van der Waals surface area contributed by atoms with Crippen molar-refractivity contribution in [1.29, 1.82) is 0 Å². The SMILES string of the molecule is Fc1ccc(-c2ncc(N3CCNCC3)c(C3CC3)n2)cc1. The lowest BCUT2D eigenvalue weighted by atomic mass is 10.1. The number of nitrogens with zero attached hydrogens (tertiary/aromatic N) is 3. The third-order valence-corrected chi connectivity index (χ3v) is 4.32. The average Bonchev–Trinajstić information content (AvgIpc) is 3.41. The number of benzene rings is 1. The molecule has 1 saturated heterocycles. The lowest BCUT2D eigenvalue weighted by molar-refractivity contribution is 0.586. The number of hydrogen-bond donors (Lipinski definition) is 1. The van der Waals surface area contributed by atoms with Crippen LogP contribution < -0.4 is 10.2 Å². The highest BCUT2D eigenvalue weighted by Crippen LogP contribution is 2.43. The van der Waals surface area contributed by atoms with E-state index in [1.54, 1.807) is 12.1 Å². The summed E-state index contributed by atoms with van der Waals surface area (Å²) in [6.07, 6.45) is 4.36. The maximum atomic E-state index is 13.1. The number of hydrogen-bond acceptors (Lipinski definition) is 4. The van der Waals surface area contributed by atoms with Crippen LogP contribution in [-0.2, 0) is 0 Å². The van der Waals surface area contributed by atoms with Crippen LogP contribution in [0.3, 0.4) is 0 Å². The van der Waals surface area contributed by atoms with Crippen molar-refractivity contribution >= 4 is 5.69 Å². The van der Waals surface area contributed by atoms with Crippen LogP contribution in [0.1, 0.15) is 24.5 Å². The fourth-order valence-electron chi connectivity index (χ4n) is 2.93. The summed E-state index contributed by atoms with van der Waals surface area (Å²) in [6, 6.07) is 6.40. The molecule has 2 heterocycles. The van der Waals surface area contributed by atoms with E-state index in [2.05, 4.69) is 15.2 Å². The molecule has 4 nitrogen and oxygen atoms in total. The highest BCUT2D eigenvalue weighted by atomic mass is 19.1. The Morgan fingerprint density at radius 2 is 1.82 bits per heavy atom. The first kappa shape index (κ1) is 13.6. The second-order valence-electron chi connectivity index (χ2n) is 5.98. The largest absolute Gasteiger partial charge is 0.366 e. The molecule has 0 spiro atoms. The molecular formula is C17H19FN4. The first-order valence-corrected chi connectivity index (χ1v) is 7.90. The molecule has 1 aromatic heterocycles. The molecular weight excluding hydrogens is 279 g/mol. The number of halogens is 1. The molecule has 1 aliphatic heterocycles. The van der Waals surface area contributed by atoms with Gasteiger partial charge in [0.25, 0.3) is 0 Å². The van der Waals surface area contributed by atoms with Gasteiger partial charge in [-0.25, -0.2) is 14.4 Å². The van der Waals surface area contributed by atoms with Crippen LogP contribution in [0.15, 0.2) is 30.5 Å². The molecule has 0 atom stereocenters. The minimum Gasteiger partial charge on any atom is -0.366 e. The lowest BCUT2D eigenvalue weighted by Gasteiger charge is -2.30. The van der Waals surface area contributed by atoms with Gasteiger partial charge in [0.1, 0.15) is 5.82 Å². The van der Waals surface area contributed by atoms with E-state index in [1.165, 1.54) is 30.7 Å². The monoisotopic (exact) mass is 298 g/mol. The van der Waals surface area contributed by atoms with Crippen molar-refractivity contribution in [3.63, 3.8) is 0 Å². The summed E-state index contributed by atoms with van der Waals surface area (Å²) >= 11 is 0. The summed E-state index contributed by atoms with van der Waals surface area (Å²) < 4.78 is 13.1. The number of aromatic nitrogens is 2. The van der Waals surface area contributed by atoms with Crippen LogP contribution in [0, 0.1) is 5.82 Å². The maximum absolute atomic E-state index is 13.1. The van der Waals surface area contributed by atoms with Gasteiger partial charge in [0.05, 0.1) is 17.6 Å². The van der Waals surface area contributed by atoms with Crippen molar-refractivity contribution in [2.75, 3.05) is 31.1 Å². The zero-order chi connectivity index (χ0) is 14.9. The molecule has 1 aromatic carbocycles. The van der Waals surface area contributed by atoms with Gasteiger partial charge >= 0.3 is 0 Å². The van der Waals surface area contributed by atoms with E-state index in [4.69, 9.17) is 4.98 Å². The van der Waals surface area contributed by atoms with Crippen molar-refractivity contribution in [3.05, 3.63) is 42.0 Å². The number of nitrogens with one attached hydrogen (secondary N) is 1. The topological polar surface area (TPSA) is 41.1 Å². The van der Waals surface area contributed by atoms with Crippen molar-refractivity contribution in [3.8, 4) is 11.4 Å². The third kappa shape index (κ3) is 2.68. The van der Waals surface area contributed by atoms with Gasteiger partial charge in [-0.2, -0.15) is 0 Å². The van der Waals surface area contributed by atoms with Crippen molar-refractivity contribution in [2.24, 2.45) is 0 Å². The molecule has 1 saturated carbocycles. The van der Waals surface area contributed by atoms with Gasteiger partial charge in [-0.05, 0) is 37.1 Å². The minimum atomic E-state index is -0.233. The van der Waals surface area contributed by atoms with Gasteiger partial charge in [-0.15, -0.1) is 0 Å². The molecule has 2 aliphatic rings. The number of piperazine rings is 1. The standard InChI is InChI=1S/C17H19FN4/c18-14-5-3-13(4-6-14)17-20-11-15(16(21-17)12-1-2-12)22-9-7-19-8-10-22/h3-6,11-12,19H,1-2,7-10H2.